The summed E-state index contributed by atoms with van der Waals surface area (Å²) in [7, 11) is 0.215. The molecule has 2 saturated heterocycles. The number of benzene rings is 2. The van der Waals surface area contributed by atoms with E-state index in [0.29, 0.717) is 17.5 Å². The minimum absolute atomic E-state index is 0.116. The van der Waals surface area contributed by atoms with Crippen molar-refractivity contribution < 1.29 is 13.2 Å². The molecule has 0 radical (unpaired) electrons. The van der Waals surface area contributed by atoms with Gasteiger partial charge in [-0.3, -0.25) is 9.10 Å². The molecule has 43 heavy (non-hydrogen) atoms. The number of para-hydroxylation sites is 1. The lowest BCUT2D eigenvalue weighted by molar-refractivity contribution is -0.137. The first kappa shape index (κ1) is 28.9. The normalized spacial score (nSPS) is 16.9. The summed E-state index contributed by atoms with van der Waals surface area (Å²) >= 11 is 0. The van der Waals surface area contributed by atoms with E-state index in [1.54, 1.807) is 23.8 Å². The Morgan fingerprint density at radius 1 is 0.930 bits per heavy atom. The van der Waals surface area contributed by atoms with Crippen LogP contribution in [-0.4, -0.2) is 98.3 Å². The highest BCUT2D eigenvalue weighted by molar-refractivity contribution is 7.92. The van der Waals surface area contributed by atoms with Crippen LogP contribution >= 0.6 is 0 Å². The van der Waals surface area contributed by atoms with Crippen LogP contribution in [0, 0.1) is 5.92 Å². The van der Waals surface area contributed by atoms with E-state index in [0.717, 1.165) is 80.3 Å². The number of aromatic nitrogens is 3. The van der Waals surface area contributed by atoms with Gasteiger partial charge in [-0.05, 0) is 62.4 Å². The van der Waals surface area contributed by atoms with Crippen molar-refractivity contribution in [1.82, 2.24) is 24.4 Å². The van der Waals surface area contributed by atoms with Crippen molar-refractivity contribution in [3.05, 3.63) is 66.9 Å². The number of nitrogens with zero attached hydrogens (tertiary/aromatic N) is 7. The van der Waals surface area contributed by atoms with E-state index in [4.69, 9.17) is 5.10 Å². The van der Waals surface area contributed by atoms with Crippen LogP contribution in [0.2, 0.25) is 0 Å². The average Bonchev–Trinajstić information content (AvgIpc) is 3.44. The number of likely N-dealkylation sites (N-methyl/N-ethyl adjacent to an activating group) is 1. The number of carbonyl (C=O) groups excluding carboxylic acids is 1. The maximum atomic E-state index is 13.0. The summed E-state index contributed by atoms with van der Waals surface area (Å²) in [6.45, 7) is 5.30. The summed E-state index contributed by atoms with van der Waals surface area (Å²) in [5.41, 5.74) is 4.86. The molecule has 0 saturated carbocycles. The SMILES string of the molecule is CN1CCN(C(=O)C2CCN(c3ccc(Nc4ncc5ccc(-c6ccccc6N(C)S(C)(=O)=O)n5n4)cc3)CC2)CC1. The lowest BCUT2D eigenvalue weighted by Gasteiger charge is -2.38. The average molecular weight is 603 g/mol. The predicted molar refractivity (Wildman–Crippen MR) is 170 cm³/mol. The number of piperazine rings is 1. The maximum absolute atomic E-state index is 13.0. The lowest BCUT2D eigenvalue weighted by atomic mass is 9.94. The first-order chi connectivity index (χ1) is 20.7. The molecule has 4 aromatic rings. The molecule has 4 heterocycles. The van der Waals surface area contributed by atoms with Gasteiger partial charge in [0, 0.05) is 69.2 Å². The summed E-state index contributed by atoms with van der Waals surface area (Å²) in [4.78, 5) is 24.2. The second kappa shape index (κ2) is 11.8. The zero-order valence-corrected chi connectivity index (χ0v) is 25.7. The monoisotopic (exact) mass is 602 g/mol. The first-order valence-electron chi connectivity index (χ1n) is 14.6. The van der Waals surface area contributed by atoms with Crippen molar-refractivity contribution in [1.29, 1.82) is 0 Å². The third-order valence-corrected chi connectivity index (χ3v) is 9.75. The van der Waals surface area contributed by atoms with Crippen molar-refractivity contribution in [2.24, 2.45) is 5.92 Å². The second-order valence-corrected chi connectivity index (χ2v) is 13.5. The number of anilines is 4. The molecular weight excluding hydrogens is 564 g/mol. The van der Waals surface area contributed by atoms with Gasteiger partial charge in [-0.25, -0.2) is 17.9 Å². The van der Waals surface area contributed by atoms with Gasteiger partial charge in [0.25, 0.3) is 0 Å². The van der Waals surface area contributed by atoms with Gasteiger partial charge in [0.15, 0.2) is 0 Å². The van der Waals surface area contributed by atoms with E-state index in [2.05, 4.69) is 39.3 Å². The fourth-order valence-corrected chi connectivity index (χ4v) is 6.38. The third kappa shape index (κ3) is 6.16. The summed E-state index contributed by atoms with van der Waals surface area (Å²) < 4.78 is 27.6. The topological polar surface area (TPSA) is 106 Å². The molecule has 0 unspecified atom stereocenters. The molecule has 0 aliphatic carbocycles. The van der Waals surface area contributed by atoms with Crippen LogP contribution in [-0.2, 0) is 14.8 Å². The lowest BCUT2D eigenvalue weighted by Crippen LogP contribution is -2.50. The van der Waals surface area contributed by atoms with Crippen LogP contribution in [0.5, 0.6) is 0 Å². The molecule has 6 rings (SSSR count). The van der Waals surface area contributed by atoms with Crippen LogP contribution in [0.4, 0.5) is 23.0 Å². The Morgan fingerprint density at radius 2 is 1.63 bits per heavy atom. The van der Waals surface area contributed by atoms with E-state index >= 15 is 0 Å². The zero-order chi connectivity index (χ0) is 30.1. The Kier molecular flexibility index (Phi) is 7.97. The van der Waals surface area contributed by atoms with E-state index in [9.17, 15) is 13.2 Å². The number of hydrogen-bond acceptors (Lipinski definition) is 8. The molecule has 2 aliphatic rings. The number of amides is 1. The van der Waals surface area contributed by atoms with Crippen molar-refractivity contribution >= 4 is 44.5 Å². The highest BCUT2D eigenvalue weighted by atomic mass is 32.2. The molecule has 11 nitrogen and oxygen atoms in total. The standard InChI is InChI=1S/C31H38N8O3S/c1-35-18-20-38(21-19-35)30(40)23-14-16-37(17-15-23)25-10-8-24(9-11-25)33-31-32-22-26-12-13-29(39(26)34-31)27-6-4-5-7-28(27)36(2)43(3,41)42/h4-13,22-23H,14-21H2,1-3H3,(H,33,34). The van der Waals surface area contributed by atoms with Gasteiger partial charge in [-0.15, -0.1) is 5.10 Å². The summed E-state index contributed by atoms with van der Waals surface area (Å²) in [6, 6.07) is 19.4. The molecule has 2 aromatic heterocycles. The van der Waals surface area contributed by atoms with Gasteiger partial charge in [0.05, 0.1) is 29.4 Å². The van der Waals surface area contributed by atoms with Crippen LogP contribution in [0.15, 0.2) is 66.9 Å². The predicted octanol–water partition coefficient (Wildman–Crippen LogP) is 3.53. The first-order valence-corrected chi connectivity index (χ1v) is 16.5. The van der Waals surface area contributed by atoms with E-state index in [-0.39, 0.29) is 5.92 Å². The second-order valence-electron chi connectivity index (χ2n) is 11.4. The Labute approximate surface area is 252 Å². The van der Waals surface area contributed by atoms with Gasteiger partial charge >= 0.3 is 0 Å². The number of nitrogens with one attached hydrogen (secondary N) is 1. The van der Waals surface area contributed by atoms with E-state index in [1.165, 1.54) is 10.6 Å². The van der Waals surface area contributed by atoms with Gasteiger partial charge in [0.2, 0.25) is 21.9 Å². The van der Waals surface area contributed by atoms with E-state index < -0.39 is 10.0 Å². The molecule has 12 heteroatoms. The summed E-state index contributed by atoms with van der Waals surface area (Å²) in [6.07, 6.45) is 4.68. The molecule has 2 aliphatic heterocycles. The van der Waals surface area contributed by atoms with Crippen molar-refractivity contribution in [3.8, 4) is 11.3 Å². The van der Waals surface area contributed by atoms with Crippen LogP contribution in [0.25, 0.3) is 16.8 Å². The van der Waals surface area contributed by atoms with Crippen molar-refractivity contribution in [2.45, 2.75) is 12.8 Å². The smallest absolute Gasteiger partial charge is 0.245 e. The molecular formula is C31H38N8O3S. The minimum atomic E-state index is -3.44. The molecule has 1 amide bonds. The van der Waals surface area contributed by atoms with E-state index in [1.807, 2.05) is 47.4 Å². The number of carbonyl (C=O) groups is 1. The number of hydrogen-bond donors (Lipinski definition) is 1. The largest absolute Gasteiger partial charge is 0.371 e. The maximum Gasteiger partial charge on any atom is 0.245 e. The Hall–Kier alpha value is -4.16. The van der Waals surface area contributed by atoms with Gasteiger partial charge in [-0.2, -0.15) is 0 Å². The fraction of sp³-hybridized carbons (Fsp3) is 0.387. The number of piperidine rings is 1. The molecule has 2 fully saturated rings. The van der Waals surface area contributed by atoms with Gasteiger partial charge in [-0.1, -0.05) is 18.2 Å². The third-order valence-electron chi connectivity index (χ3n) is 8.56. The molecule has 1 N–H and O–H groups in total. The number of rotatable bonds is 7. The molecule has 226 valence electrons. The van der Waals surface area contributed by atoms with Crippen LogP contribution < -0.4 is 14.5 Å². The summed E-state index contributed by atoms with van der Waals surface area (Å²) in [5.74, 6) is 0.862. The van der Waals surface area contributed by atoms with Gasteiger partial charge < -0.3 is 20.0 Å². The summed E-state index contributed by atoms with van der Waals surface area (Å²) in [5, 5.41) is 8.02. The highest BCUT2D eigenvalue weighted by Crippen LogP contribution is 2.33. The van der Waals surface area contributed by atoms with Crippen molar-refractivity contribution in [3.63, 3.8) is 0 Å². The van der Waals surface area contributed by atoms with Crippen molar-refractivity contribution in [2.75, 3.05) is 74.1 Å². The molecule has 0 spiro atoms. The fourth-order valence-electron chi connectivity index (χ4n) is 5.86. The Morgan fingerprint density at radius 3 is 2.33 bits per heavy atom. The Bertz CT molecular complexity index is 1710. The van der Waals surface area contributed by atoms with Crippen LogP contribution in [0.1, 0.15) is 12.8 Å². The highest BCUT2D eigenvalue weighted by Gasteiger charge is 2.30. The van der Waals surface area contributed by atoms with Crippen LogP contribution in [0.3, 0.4) is 0 Å². The molecule has 0 bridgehead atoms. The molecule has 0 atom stereocenters. The zero-order valence-electron chi connectivity index (χ0n) is 24.8. The van der Waals surface area contributed by atoms with Gasteiger partial charge in [0.1, 0.15) is 0 Å². The number of fused-ring (bicyclic) bond motifs is 1. The molecule has 2 aromatic carbocycles. The quantitative estimate of drug-likeness (QED) is 0.343. The Balaban J connectivity index is 1.13. The number of sulfonamides is 1. The minimum Gasteiger partial charge on any atom is -0.371 e.